The smallest absolute Gasteiger partial charge is 0.197 e. The highest BCUT2D eigenvalue weighted by Crippen LogP contribution is 2.34. The van der Waals surface area contributed by atoms with E-state index in [1.165, 1.54) is 6.07 Å². The zero-order valence-electron chi connectivity index (χ0n) is 8.16. The summed E-state index contributed by atoms with van der Waals surface area (Å²) >= 11 is 0. The van der Waals surface area contributed by atoms with Gasteiger partial charge in [-0.05, 0) is 24.1 Å². The fraction of sp³-hybridized carbons (Fsp3) is 0.400. The van der Waals surface area contributed by atoms with Gasteiger partial charge in [0.1, 0.15) is 13.2 Å². The van der Waals surface area contributed by atoms with Crippen molar-refractivity contribution >= 4 is 0 Å². The Morgan fingerprint density at radius 2 is 2.13 bits per heavy atom. The Morgan fingerprint density at radius 1 is 1.33 bits per heavy atom. The lowest BCUT2D eigenvalue weighted by molar-refractivity contribution is 0.140. The van der Waals surface area contributed by atoms with Crippen molar-refractivity contribution in [3.8, 4) is 11.5 Å². The van der Waals surface area contributed by atoms with Crippen molar-refractivity contribution in [3.63, 3.8) is 0 Å². The number of halogens is 1. The molecule has 1 aromatic rings. The fourth-order valence-electron chi connectivity index (χ4n) is 1.49. The molecule has 82 valence electrons. The van der Waals surface area contributed by atoms with E-state index < -0.39 is 5.82 Å². The van der Waals surface area contributed by atoms with E-state index in [-0.39, 0.29) is 5.75 Å². The summed E-state index contributed by atoms with van der Waals surface area (Å²) in [4.78, 5) is 4.44. The van der Waals surface area contributed by atoms with E-state index in [0.29, 0.717) is 32.0 Å². The van der Waals surface area contributed by atoms with Crippen LogP contribution in [0.15, 0.2) is 12.1 Å². The zero-order chi connectivity index (χ0) is 10.7. The van der Waals surface area contributed by atoms with Crippen LogP contribution in [0, 0.1) is 5.82 Å². The first-order chi connectivity index (χ1) is 7.31. The zero-order valence-corrected chi connectivity index (χ0v) is 8.16. The second-order valence-corrected chi connectivity index (χ2v) is 3.22. The number of hydrogen-bond donors (Lipinski definition) is 1. The van der Waals surface area contributed by atoms with E-state index in [1.54, 1.807) is 6.07 Å². The Hall–Kier alpha value is -1.33. The molecule has 0 aliphatic carbocycles. The van der Waals surface area contributed by atoms with Crippen LogP contribution in [0.5, 0.6) is 11.5 Å². The molecule has 0 bridgehead atoms. The number of nitrogens with two attached hydrogens (primary N) is 1. The number of rotatable bonds is 3. The third kappa shape index (κ3) is 2.19. The summed E-state index contributed by atoms with van der Waals surface area (Å²) in [6.07, 6.45) is 0.546. The van der Waals surface area contributed by atoms with Crippen LogP contribution in [0.2, 0.25) is 0 Å². The van der Waals surface area contributed by atoms with E-state index in [0.717, 1.165) is 5.56 Å². The van der Waals surface area contributed by atoms with Gasteiger partial charge >= 0.3 is 0 Å². The molecule has 1 aliphatic rings. The summed E-state index contributed by atoms with van der Waals surface area (Å²) in [6, 6.07) is 3.16. The normalized spacial score (nSPS) is 14.0. The lowest BCUT2D eigenvalue weighted by Gasteiger charge is -2.19. The van der Waals surface area contributed by atoms with Gasteiger partial charge in [0.15, 0.2) is 17.3 Å². The molecule has 1 aromatic carbocycles. The van der Waals surface area contributed by atoms with Gasteiger partial charge in [-0.3, -0.25) is 0 Å². The van der Waals surface area contributed by atoms with Crippen molar-refractivity contribution in [3.05, 3.63) is 23.5 Å². The minimum absolute atomic E-state index is 0.193. The first-order valence-electron chi connectivity index (χ1n) is 4.71. The molecule has 2 rings (SSSR count). The van der Waals surface area contributed by atoms with Gasteiger partial charge in [0.2, 0.25) is 0 Å². The molecule has 0 unspecified atom stereocenters. The summed E-state index contributed by atoms with van der Waals surface area (Å²) in [5.74, 6) is 5.14. The SMILES string of the molecule is NOCCc1cc(F)c2c(c1)OCCO2. The molecular weight excluding hydrogens is 201 g/mol. The second-order valence-electron chi connectivity index (χ2n) is 3.22. The standard InChI is InChI=1S/C10H12FNO3/c11-8-5-7(1-2-15-12)6-9-10(8)14-4-3-13-9/h5-6H,1-4,12H2. The van der Waals surface area contributed by atoms with E-state index in [2.05, 4.69) is 4.84 Å². The number of hydrogen-bond acceptors (Lipinski definition) is 4. The van der Waals surface area contributed by atoms with Crippen LogP contribution >= 0.6 is 0 Å². The molecule has 0 amide bonds. The molecule has 0 aromatic heterocycles. The van der Waals surface area contributed by atoms with Crippen molar-refractivity contribution < 1.29 is 18.7 Å². The third-order valence-electron chi connectivity index (χ3n) is 2.17. The Bertz CT molecular complexity index is 357. The summed E-state index contributed by atoms with van der Waals surface area (Å²) in [6.45, 7) is 1.18. The molecule has 2 N–H and O–H groups in total. The van der Waals surface area contributed by atoms with E-state index >= 15 is 0 Å². The monoisotopic (exact) mass is 213 g/mol. The molecule has 15 heavy (non-hydrogen) atoms. The van der Waals surface area contributed by atoms with Gasteiger partial charge in [-0.2, -0.15) is 0 Å². The lowest BCUT2D eigenvalue weighted by Crippen LogP contribution is -2.17. The molecule has 1 heterocycles. The number of ether oxygens (including phenoxy) is 2. The summed E-state index contributed by atoms with van der Waals surface area (Å²) in [5, 5.41) is 0. The van der Waals surface area contributed by atoms with Gasteiger partial charge in [0.25, 0.3) is 0 Å². The minimum atomic E-state index is -0.403. The molecule has 0 radical (unpaired) electrons. The van der Waals surface area contributed by atoms with E-state index in [9.17, 15) is 4.39 Å². The number of benzene rings is 1. The van der Waals surface area contributed by atoms with Crippen LogP contribution in [0.3, 0.4) is 0 Å². The fourth-order valence-corrected chi connectivity index (χ4v) is 1.49. The topological polar surface area (TPSA) is 53.7 Å². The van der Waals surface area contributed by atoms with Crippen LogP contribution in [-0.2, 0) is 11.3 Å². The summed E-state index contributed by atoms with van der Waals surface area (Å²) < 4.78 is 23.9. The van der Waals surface area contributed by atoms with Crippen molar-refractivity contribution in [1.82, 2.24) is 0 Å². The van der Waals surface area contributed by atoms with Crippen LogP contribution in [0.4, 0.5) is 4.39 Å². The van der Waals surface area contributed by atoms with Gasteiger partial charge in [-0.25, -0.2) is 10.3 Å². The van der Waals surface area contributed by atoms with Crippen LogP contribution < -0.4 is 15.4 Å². The van der Waals surface area contributed by atoms with Crippen LogP contribution in [-0.4, -0.2) is 19.8 Å². The lowest BCUT2D eigenvalue weighted by atomic mass is 10.1. The Kier molecular flexibility index (Phi) is 3.03. The molecule has 5 heteroatoms. The summed E-state index contributed by atoms with van der Waals surface area (Å²) in [5.41, 5.74) is 0.780. The maximum Gasteiger partial charge on any atom is 0.197 e. The molecular formula is C10H12FNO3. The van der Waals surface area contributed by atoms with Gasteiger partial charge < -0.3 is 14.3 Å². The molecule has 0 saturated carbocycles. The Morgan fingerprint density at radius 3 is 2.93 bits per heavy atom. The maximum atomic E-state index is 13.5. The van der Waals surface area contributed by atoms with Crippen molar-refractivity contribution in [2.45, 2.75) is 6.42 Å². The minimum Gasteiger partial charge on any atom is -0.486 e. The van der Waals surface area contributed by atoms with Crippen molar-refractivity contribution in [2.24, 2.45) is 5.90 Å². The van der Waals surface area contributed by atoms with Gasteiger partial charge in [-0.1, -0.05) is 0 Å². The highest BCUT2D eigenvalue weighted by molar-refractivity contribution is 5.45. The van der Waals surface area contributed by atoms with Gasteiger partial charge in [0.05, 0.1) is 6.61 Å². The molecule has 0 atom stereocenters. The van der Waals surface area contributed by atoms with E-state index in [4.69, 9.17) is 15.4 Å². The predicted octanol–water partition coefficient (Wildman–Crippen LogP) is 1.03. The predicted molar refractivity (Wildman–Crippen MR) is 51.2 cm³/mol. The summed E-state index contributed by atoms with van der Waals surface area (Å²) in [7, 11) is 0. The Balaban J connectivity index is 2.24. The molecule has 0 spiro atoms. The largest absolute Gasteiger partial charge is 0.486 e. The average Bonchev–Trinajstić information content (AvgIpc) is 2.26. The molecule has 0 fully saturated rings. The number of fused-ring (bicyclic) bond motifs is 1. The third-order valence-corrected chi connectivity index (χ3v) is 2.17. The maximum absolute atomic E-state index is 13.5. The average molecular weight is 213 g/mol. The Labute approximate surface area is 86.7 Å². The van der Waals surface area contributed by atoms with Crippen molar-refractivity contribution in [2.75, 3.05) is 19.8 Å². The van der Waals surface area contributed by atoms with E-state index in [1.807, 2.05) is 0 Å². The highest BCUT2D eigenvalue weighted by Gasteiger charge is 2.17. The second kappa shape index (κ2) is 4.46. The van der Waals surface area contributed by atoms with Crippen molar-refractivity contribution in [1.29, 1.82) is 0 Å². The van der Waals surface area contributed by atoms with Crippen LogP contribution in [0.25, 0.3) is 0 Å². The first kappa shape index (κ1) is 10.2. The highest BCUT2D eigenvalue weighted by atomic mass is 19.1. The van der Waals surface area contributed by atoms with Gasteiger partial charge in [0, 0.05) is 0 Å². The van der Waals surface area contributed by atoms with Crippen LogP contribution in [0.1, 0.15) is 5.56 Å². The molecule has 4 nitrogen and oxygen atoms in total. The molecule has 1 aliphatic heterocycles. The molecule has 0 saturated heterocycles. The first-order valence-corrected chi connectivity index (χ1v) is 4.71. The van der Waals surface area contributed by atoms with Gasteiger partial charge in [-0.15, -0.1) is 0 Å². The quantitative estimate of drug-likeness (QED) is 0.762.